The molecule has 1 atom stereocenters. The van der Waals surface area contributed by atoms with E-state index in [1.165, 1.54) is 17.5 Å². The van der Waals surface area contributed by atoms with Gasteiger partial charge in [0.2, 0.25) is 0 Å². The number of pyridine rings is 1. The molecule has 24 heavy (non-hydrogen) atoms. The van der Waals surface area contributed by atoms with Gasteiger partial charge in [0.15, 0.2) is 0 Å². The lowest BCUT2D eigenvalue weighted by molar-refractivity contribution is 0.262. The van der Waals surface area contributed by atoms with Gasteiger partial charge in [-0.15, -0.1) is 0 Å². The number of benzene rings is 1. The fourth-order valence-corrected chi connectivity index (χ4v) is 3.31. The lowest BCUT2D eigenvalue weighted by Crippen LogP contribution is -2.26. The molecule has 1 heterocycles. The fraction of sp³-hybridized carbons (Fsp3) is 0.368. The standard InChI is InChI=1S/C19H24N4O/c1-23(2)13-14-3-4-16-12-18(6-5-15(16)11-14)22-19(24)21-17-7-9-20-10-8-17/h5-10,12,14H,3-4,11,13H2,1-2H3,(H2,20,21,22,24). The highest BCUT2D eigenvalue weighted by atomic mass is 16.2. The highest BCUT2D eigenvalue weighted by Crippen LogP contribution is 2.28. The molecule has 0 radical (unpaired) electrons. The third-order valence-corrected chi connectivity index (χ3v) is 4.36. The number of fused-ring (bicyclic) bond motifs is 1. The van der Waals surface area contributed by atoms with Gasteiger partial charge in [0.05, 0.1) is 0 Å². The van der Waals surface area contributed by atoms with Crippen molar-refractivity contribution in [1.82, 2.24) is 9.88 Å². The predicted molar refractivity (Wildman–Crippen MR) is 97.4 cm³/mol. The SMILES string of the molecule is CN(C)CC1CCc2cc(NC(=O)Nc3ccncc3)ccc2C1. The van der Waals surface area contributed by atoms with E-state index in [4.69, 9.17) is 0 Å². The minimum Gasteiger partial charge on any atom is -0.309 e. The van der Waals surface area contributed by atoms with E-state index in [1.807, 2.05) is 6.07 Å². The van der Waals surface area contributed by atoms with E-state index in [0.29, 0.717) is 0 Å². The number of nitrogens with one attached hydrogen (secondary N) is 2. The number of urea groups is 1. The number of rotatable bonds is 4. The van der Waals surface area contributed by atoms with Gasteiger partial charge in [-0.05, 0) is 74.7 Å². The van der Waals surface area contributed by atoms with Crippen molar-refractivity contribution >= 4 is 17.4 Å². The summed E-state index contributed by atoms with van der Waals surface area (Å²) in [6.07, 6.45) is 6.71. The largest absolute Gasteiger partial charge is 0.323 e. The van der Waals surface area contributed by atoms with Crippen molar-refractivity contribution in [3.05, 3.63) is 53.9 Å². The van der Waals surface area contributed by atoms with Crippen LogP contribution in [0.15, 0.2) is 42.7 Å². The van der Waals surface area contributed by atoms with Crippen LogP contribution in [-0.4, -0.2) is 36.6 Å². The van der Waals surface area contributed by atoms with Crippen molar-refractivity contribution in [3.63, 3.8) is 0 Å². The van der Waals surface area contributed by atoms with Crippen LogP contribution in [0, 0.1) is 5.92 Å². The molecule has 2 N–H and O–H groups in total. The van der Waals surface area contributed by atoms with Crippen LogP contribution < -0.4 is 10.6 Å². The van der Waals surface area contributed by atoms with E-state index >= 15 is 0 Å². The maximum absolute atomic E-state index is 12.1. The zero-order valence-corrected chi connectivity index (χ0v) is 14.2. The second-order valence-corrected chi connectivity index (χ2v) is 6.67. The van der Waals surface area contributed by atoms with E-state index in [1.54, 1.807) is 24.5 Å². The molecular formula is C19H24N4O. The third-order valence-electron chi connectivity index (χ3n) is 4.36. The molecule has 0 saturated heterocycles. The summed E-state index contributed by atoms with van der Waals surface area (Å²) in [6.45, 7) is 1.13. The number of carbonyl (C=O) groups is 1. The van der Waals surface area contributed by atoms with Gasteiger partial charge in [-0.3, -0.25) is 4.98 Å². The molecule has 1 aliphatic carbocycles. The topological polar surface area (TPSA) is 57.3 Å². The minimum absolute atomic E-state index is 0.234. The maximum atomic E-state index is 12.1. The van der Waals surface area contributed by atoms with E-state index in [-0.39, 0.29) is 6.03 Å². The molecule has 1 aromatic heterocycles. The van der Waals surface area contributed by atoms with Crippen LogP contribution in [0.25, 0.3) is 0 Å². The molecule has 0 bridgehead atoms. The van der Waals surface area contributed by atoms with Crippen molar-refractivity contribution in [2.24, 2.45) is 5.92 Å². The van der Waals surface area contributed by atoms with Gasteiger partial charge in [-0.1, -0.05) is 6.07 Å². The van der Waals surface area contributed by atoms with Gasteiger partial charge >= 0.3 is 6.03 Å². The van der Waals surface area contributed by atoms with Gasteiger partial charge in [0.25, 0.3) is 0 Å². The minimum atomic E-state index is -0.234. The Morgan fingerprint density at radius 3 is 2.62 bits per heavy atom. The smallest absolute Gasteiger partial charge is 0.309 e. The Kier molecular flexibility index (Phi) is 5.11. The molecular weight excluding hydrogens is 300 g/mol. The molecule has 5 nitrogen and oxygen atoms in total. The first-order chi connectivity index (χ1) is 11.6. The molecule has 1 unspecified atom stereocenters. The van der Waals surface area contributed by atoms with Crippen molar-refractivity contribution < 1.29 is 4.79 Å². The van der Waals surface area contributed by atoms with E-state index in [2.05, 4.69) is 46.7 Å². The molecule has 1 aromatic carbocycles. The summed E-state index contributed by atoms with van der Waals surface area (Å²) in [7, 11) is 4.26. The van der Waals surface area contributed by atoms with Gasteiger partial charge in [-0.25, -0.2) is 4.79 Å². The number of aromatic nitrogens is 1. The Morgan fingerprint density at radius 1 is 1.12 bits per heavy atom. The number of hydrogen-bond donors (Lipinski definition) is 2. The maximum Gasteiger partial charge on any atom is 0.323 e. The van der Waals surface area contributed by atoms with Gasteiger partial charge in [-0.2, -0.15) is 0 Å². The molecule has 1 aliphatic rings. The summed E-state index contributed by atoms with van der Waals surface area (Å²) in [4.78, 5) is 18.3. The number of anilines is 2. The summed E-state index contributed by atoms with van der Waals surface area (Å²) < 4.78 is 0. The summed E-state index contributed by atoms with van der Waals surface area (Å²) >= 11 is 0. The van der Waals surface area contributed by atoms with Crippen LogP contribution in [0.1, 0.15) is 17.5 Å². The summed E-state index contributed by atoms with van der Waals surface area (Å²) in [5.41, 5.74) is 4.33. The van der Waals surface area contributed by atoms with Gasteiger partial charge in [0.1, 0.15) is 0 Å². The van der Waals surface area contributed by atoms with Crippen LogP contribution in [0.3, 0.4) is 0 Å². The van der Waals surface area contributed by atoms with Crippen LogP contribution in [0.4, 0.5) is 16.2 Å². The molecule has 0 fully saturated rings. The molecule has 2 amide bonds. The average molecular weight is 324 g/mol. The van der Waals surface area contributed by atoms with E-state index in [0.717, 1.165) is 36.7 Å². The summed E-state index contributed by atoms with van der Waals surface area (Å²) in [5.74, 6) is 0.723. The van der Waals surface area contributed by atoms with Crippen molar-refractivity contribution in [2.75, 3.05) is 31.3 Å². The number of amides is 2. The Bertz CT molecular complexity index is 700. The number of hydrogen-bond acceptors (Lipinski definition) is 3. The zero-order chi connectivity index (χ0) is 16.9. The monoisotopic (exact) mass is 324 g/mol. The normalized spacial score (nSPS) is 16.5. The second kappa shape index (κ2) is 7.45. The van der Waals surface area contributed by atoms with Gasteiger partial charge < -0.3 is 15.5 Å². The molecule has 0 aliphatic heterocycles. The Morgan fingerprint density at radius 2 is 1.88 bits per heavy atom. The third kappa shape index (κ3) is 4.32. The Labute approximate surface area is 143 Å². The highest BCUT2D eigenvalue weighted by Gasteiger charge is 2.19. The zero-order valence-electron chi connectivity index (χ0n) is 14.2. The van der Waals surface area contributed by atoms with Gasteiger partial charge in [0, 0.05) is 30.3 Å². The van der Waals surface area contributed by atoms with Crippen LogP contribution in [0.5, 0.6) is 0 Å². The quantitative estimate of drug-likeness (QED) is 0.906. The highest BCUT2D eigenvalue weighted by molar-refractivity contribution is 5.99. The second-order valence-electron chi connectivity index (χ2n) is 6.67. The van der Waals surface area contributed by atoms with Crippen molar-refractivity contribution in [3.8, 4) is 0 Å². The molecule has 126 valence electrons. The first kappa shape index (κ1) is 16.5. The molecule has 0 spiro atoms. The fourth-order valence-electron chi connectivity index (χ4n) is 3.31. The summed E-state index contributed by atoms with van der Waals surface area (Å²) in [5, 5.41) is 5.71. The summed E-state index contributed by atoms with van der Waals surface area (Å²) in [6, 6.07) is 9.53. The first-order valence-corrected chi connectivity index (χ1v) is 8.35. The predicted octanol–water partition coefficient (Wildman–Crippen LogP) is 3.39. The average Bonchev–Trinajstić information content (AvgIpc) is 2.55. The number of carbonyl (C=O) groups excluding carboxylic acids is 1. The number of nitrogens with zero attached hydrogens (tertiary/aromatic N) is 2. The van der Waals surface area contributed by atoms with Crippen LogP contribution in [-0.2, 0) is 12.8 Å². The lowest BCUT2D eigenvalue weighted by Gasteiger charge is -2.27. The van der Waals surface area contributed by atoms with Crippen molar-refractivity contribution in [2.45, 2.75) is 19.3 Å². The first-order valence-electron chi connectivity index (χ1n) is 8.35. The Hall–Kier alpha value is -2.40. The lowest BCUT2D eigenvalue weighted by atomic mass is 9.83. The number of aryl methyl sites for hydroxylation is 1. The molecule has 2 aromatic rings. The van der Waals surface area contributed by atoms with Crippen molar-refractivity contribution in [1.29, 1.82) is 0 Å². The Balaban J connectivity index is 1.61. The van der Waals surface area contributed by atoms with E-state index < -0.39 is 0 Å². The van der Waals surface area contributed by atoms with Crippen LogP contribution in [0.2, 0.25) is 0 Å². The van der Waals surface area contributed by atoms with E-state index in [9.17, 15) is 4.79 Å². The van der Waals surface area contributed by atoms with Crippen LogP contribution >= 0.6 is 0 Å². The molecule has 5 heteroatoms. The molecule has 0 saturated carbocycles. The molecule has 3 rings (SSSR count).